The van der Waals surface area contributed by atoms with E-state index in [0.29, 0.717) is 6.54 Å². The summed E-state index contributed by atoms with van der Waals surface area (Å²) in [5, 5.41) is 2.71. The Bertz CT molecular complexity index is 287. The highest BCUT2D eigenvalue weighted by Crippen LogP contribution is 2.14. The molecule has 0 amide bonds. The van der Waals surface area contributed by atoms with E-state index >= 15 is 0 Å². The summed E-state index contributed by atoms with van der Waals surface area (Å²) in [4.78, 5) is 0. The average molecular weight is 186 g/mol. The van der Waals surface area contributed by atoms with Gasteiger partial charge in [-0.2, -0.15) is 0 Å². The number of rotatable bonds is 3. The Morgan fingerprint density at radius 1 is 1.46 bits per heavy atom. The fourth-order valence-electron chi connectivity index (χ4n) is 0.904. The number of nitrogens with two attached hydrogens (primary N) is 1. The summed E-state index contributed by atoms with van der Waals surface area (Å²) in [6, 6.07) is 3.17. The molecular weight excluding hydrogens is 174 g/mol. The molecule has 13 heavy (non-hydrogen) atoms. The minimum atomic E-state index is -0.470. The summed E-state index contributed by atoms with van der Waals surface area (Å²) in [7, 11) is 0. The van der Waals surface area contributed by atoms with E-state index in [2.05, 4.69) is 5.32 Å². The molecule has 0 spiro atoms. The lowest BCUT2D eigenvalue weighted by atomic mass is 10.2. The van der Waals surface area contributed by atoms with Crippen LogP contribution in [0.2, 0.25) is 0 Å². The molecule has 0 aliphatic carbocycles. The molecule has 0 aliphatic rings. The summed E-state index contributed by atoms with van der Waals surface area (Å²) in [6.45, 7) is 2.20. The van der Waals surface area contributed by atoms with Gasteiger partial charge in [0.25, 0.3) is 0 Å². The predicted molar refractivity (Wildman–Crippen MR) is 48.5 cm³/mol. The molecule has 0 saturated carbocycles. The normalized spacial score (nSPS) is 12.6. The number of benzene rings is 1. The van der Waals surface area contributed by atoms with E-state index in [1.54, 1.807) is 6.92 Å². The van der Waals surface area contributed by atoms with E-state index in [-0.39, 0.29) is 11.7 Å². The second-order valence-electron chi connectivity index (χ2n) is 2.98. The summed E-state index contributed by atoms with van der Waals surface area (Å²) >= 11 is 0. The van der Waals surface area contributed by atoms with E-state index < -0.39 is 11.6 Å². The van der Waals surface area contributed by atoms with Gasteiger partial charge in [0.05, 0.1) is 5.69 Å². The van der Waals surface area contributed by atoms with Gasteiger partial charge in [0.1, 0.15) is 11.6 Å². The van der Waals surface area contributed by atoms with Crippen LogP contribution in [0.1, 0.15) is 6.92 Å². The van der Waals surface area contributed by atoms with Crippen molar-refractivity contribution in [2.45, 2.75) is 13.0 Å². The molecule has 0 fully saturated rings. The first-order valence-electron chi connectivity index (χ1n) is 4.04. The third kappa shape index (κ3) is 2.99. The van der Waals surface area contributed by atoms with Crippen LogP contribution in [0, 0.1) is 11.6 Å². The molecule has 4 heteroatoms. The van der Waals surface area contributed by atoms with E-state index in [0.717, 1.165) is 18.2 Å². The molecule has 1 rings (SSSR count). The minimum Gasteiger partial charge on any atom is -0.381 e. The van der Waals surface area contributed by atoms with Gasteiger partial charge in [-0.05, 0) is 25.1 Å². The monoisotopic (exact) mass is 186 g/mol. The summed E-state index contributed by atoms with van der Waals surface area (Å²) in [6.07, 6.45) is 0. The summed E-state index contributed by atoms with van der Waals surface area (Å²) < 4.78 is 25.6. The van der Waals surface area contributed by atoms with Crippen molar-refractivity contribution in [1.29, 1.82) is 0 Å². The van der Waals surface area contributed by atoms with Crippen LogP contribution in [0.15, 0.2) is 18.2 Å². The van der Waals surface area contributed by atoms with Crippen LogP contribution in [0.4, 0.5) is 14.5 Å². The highest BCUT2D eigenvalue weighted by Gasteiger charge is 2.03. The van der Waals surface area contributed by atoms with Crippen molar-refractivity contribution in [2.24, 2.45) is 5.73 Å². The maximum atomic E-state index is 13.0. The van der Waals surface area contributed by atoms with Crippen molar-refractivity contribution in [2.75, 3.05) is 11.9 Å². The van der Waals surface area contributed by atoms with E-state index in [1.807, 2.05) is 0 Å². The molecule has 0 aromatic heterocycles. The largest absolute Gasteiger partial charge is 0.381 e. The first kappa shape index (κ1) is 9.92. The van der Waals surface area contributed by atoms with Gasteiger partial charge in [-0.3, -0.25) is 0 Å². The smallest absolute Gasteiger partial charge is 0.146 e. The van der Waals surface area contributed by atoms with Crippen LogP contribution in [0.3, 0.4) is 0 Å². The SMILES string of the molecule is CC(N)CNc1cc(F)ccc1F. The standard InChI is InChI=1S/C9H12F2N2/c1-6(12)5-13-9-4-7(10)2-3-8(9)11/h2-4,6,13H,5,12H2,1H3. The molecule has 1 aromatic carbocycles. The third-order valence-electron chi connectivity index (χ3n) is 1.54. The lowest BCUT2D eigenvalue weighted by Crippen LogP contribution is -2.25. The van der Waals surface area contributed by atoms with Gasteiger partial charge in [0.2, 0.25) is 0 Å². The van der Waals surface area contributed by atoms with Crippen molar-refractivity contribution >= 4 is 5.69 Å². The molecule has 1 unspecified atom stereocenters. The molecule has 72 valence electrons. The number of anilines is 1. The molecule has 0 saturated heterocycles. The fourth-order valence-corrected chi connectivity index (χ4v) is 0.904. The highest BCUT2D eigenvalue weighted by molar-refractivity contribution is 5.44. The van der Waals surface area contributed by atoms with Crippen molar-refractivity contribution in [3.8, 4) is 0 Å². The lowest BCUT2D eigenvalue weighted by Gasteiger charge is -2.09. The van der Waals surface area contributed by atoms with Gasteiger partial charge in [-0.1, -0.05) is 0 Å². The third-order valence-corrected chi connectivity index (χ3v) is 1.54. The van der Waals surface area contributed by atoms with Gasteiger partial charge >= 0.3 is 0 Å². The van der Waals surface area contributed by atoms with Crippen LogP contribution >= 0.6 is 0 Å². The van der Waals surface area contributed by atoms with Crippen LogP contribution in [-0.2, 0) is 0 Å². The Morgan fingerprint density at radius 3 is 2.77 bits per heavy atom. The maximum absolute atomic E-state index is 13.0. The van der Waals surface area contributed by atoms with Crippen LogP contribution < -0.4 is 11.1 Å². The lowest BCUT2D eigenvalue weighted by molar-refractivity contribution is 0.601. The van der Waals surface area contributed by atoms with Crippen LogP contribution in [0.5, 0.6) is 0 Å². The Kier molecular flexibility index (Phi) is 3.19. The second-order valence-corrected chi connectivity index (χ2v) is 2.98. The minimum absolute atomic E-state index is 0.0948. The summed E-state index contributed by atoms with van der Waals surface area (Å²) in [5.74, 6) is -0.935. The molecule has 0 heterocycles. The van der Waals surface area contributed by atoms with Crippen molar-refractivity contribution in [3.63, 3.8) is 0 Å². The molecule has 0 aliphatic heterocycles. The number of nitrogens with one attached hydrogen (secondary N) is 1. The second kappa shape index (κ2) is 4.18. The van der Waals surface area contributed by atoms with Crippen molar-refractivity contribution in [3.05, 3.63) is 29.8 Å². The van der Waals surface area contributed by atoms with E-state index in [9.17, 15) is 8.78 Å². The van der Waals surface area contributed by atoms with Gasteiger partial charge in [-0.15, -0.1) is 0 Å². The topological polar surface area (TPSA) is 38.0 Å². The predicted octanol–water partition coefficient (Wildman–Crippen LogP) is 1.72. The molecule has 1 aromatic rings. The molecule has 3 N–H and O–H groups in total. The fraction of sp³-hybridized carbons (Fsp3) is 0.333. The zero-order chi connectivity index (χ0) is 9.84. The average Bonchev–Trinajstić information content (AvgIpc) is 2.06. The van der Waals surface area contributed by atoms with Crippen molar-refractivity contribution in [1.82, 2.24) is 0 Å². The first-order chi connectivity index (χ1) is 6.09. The van der Waals surface area contributed by atoms with Crippen molar-refractivity contribution < 1.29 is 8.78 Å². The Morgan fingerprint density at radius 2 is 2.15 bits per heavy atom. The van der Waals surface area contributed by atoms with E-state index in [1.165, 1.54) is 0 Å². The zero-order valence-electron chi connectivity index (χ0n) is 7.35. The zero-order valence-corrected chi connectivity index (χ0v) is 7.35. The molecule has 1 atom stereocenters. The van der Waals surface area contributed by atoms with Gasteiger partial charge < -0.3 is 11.1 Å². The molecule has 0 radical (unpaired) electrons. The number of hydrogen-bond acceptors (Lipinski definition) is 2. The summed E-state index contributed by atoms with van der Waals surface area (Å²) in [5.41, 5.74) is 5.60. The highest BCUT2D eigenvalue weighted by atomic mass is 19.1. The van der Waals surface area contributed by atoms with Gasteiger partial charge in [0.15, 0.2) is 0 Å². The molecular formula is C9H12F2N2. The molecule has 2 nitrogen and oxygen atoms in total. The quantitative estimate of drug-likeness (QED) is 0.754. The Balaban J connectivity index is 2.70. The number of hydrogen-bond donors (Lipinski definition) is 2. The van der Waals surface area contributed by atoms with Crippen LogP contribution in [-0.4, -0.2) is 12.6 Å². The van der Waals surface area contributed by atoms with E-state index in [4.69, 9.17) is 5.73 Å². The maximum Gasteiger partial charge on any atom is 0.146 e. The molecule has 0 bridgehead atoms. The Hall–Kier alpha value is -1.16. The Labute approximate surface area is 75.7 Å². The number of halogens is 2. The van der Waals surface area contributed by atoms with Gasteiger partial charge in [-0.25, -0.2) is 8.78 Å². The van der Waals surface area contributed by atoms with Crippen LogP contribution in [0.25, 0.3) is 0 Å². The van der Waals surface area contributed by atoms with Gasteiger partial charge in [0, 0.05) is 12.6 Å². The first-order valence-corrected chi connectivity index (χ1v) is 4.04.